The summed E-state index contributed by atoms with van der Waals surface area (Å²) in [6.45, 7) is 9.54. The molecule has 2 aromatic heterocycles. The zero-order chi connectivity index (χ0) is 25.4. The number of nitrogens with zero attached hydrogens (tertiary/aromatic N) is 5. The number of hydrogen-bond acceptors (Lipinski definition) is 5. The molecule has 35 heavy (non-hydrogen) atoms. The number of fused-ring (bicyclic) bond motifs is 1. The van der Waals surface area contributed by atoms with Gasteiger partial charge in [-0.15, -0.1) is 0 Å². The van der Waals surface area contributed by atoms with Gasteiger partial charge in [0.05, 0.1) is 5.52 Å². The Hall–Kier alpha value is -3.47. The Morgan fingerprint density at radius 1 is 1.03 bits per heavy atom. The molecule has 1 aliphatic rings. The van der Waals surface area contributed by atoms with Crippen LogP contribution in [0.1, 0.15) is 37.0 Å². The van der Waals surface area contributed by atoms with Gasteiger partial charge < -0.3 is 10.2 Å². The maximum absolute atomic E-state index is 12.9. The number of benzene rings is 1. The van der Waals surface area contributed by atoms with Gasteiger partial charge in [-0.1, -0.05) is 6.07 Å². The lowest BCUT2D eigenvalue weighted by Gasteiger charge is -2.42. The second-order valence-corrected chi connectivity index (χ2v) is 9.50. The van der Waals surface area contributed by atoms with Gasteiger partial charge in [0.25, 0.3) is 5.91 Å². The van der Waals surface area contributed by atoms with Crippen molar-refractivity contribution in [2.45, 2.75) is 39.0 Å². The monoisotopic (exact) mass is 488 g/mol. The largest absolute Gasteiger partial charge is 0.433 e. The SMILES string of the molecule is CC(C)(C)N1CCN(C(=O)Cn2cc3cc(NC(=O)c4cccc(C(F)(F)F)n4)ccc3n2)CC1. The topological polar surface area (TPSA) is 83.4 Å². The highest BCUT2D eigenvalue weighted by Crippen LogP contribution is 2.27. The van der Waals surface area contributed by atoms with Crippen LogP contribution in [0.4, 0.5) is 18.9 Å². The lowest BCUT2D eigenvalue weighted by atomic mass is 10.1. The van der Waals surface area contributed by atoms with E-state index in [1.54, 1.807) is 29.1 Å². The van der Waals surface area contributed by atoms with E-state index in [9.17, 15) is 22.8 Å². The van der Waals surface area contributed by atoms with E-state index in [0.29, 0.717) is 29.7 Å². The van der Waals surface area contributed by atoms with Crippen LogP contribution in [-0.2, 0) is 17.5 Å². The van der Waals surface area contributed by atoms with Gasteiger partial charge in [0.1, 0.15) is 17.9 Å². The van der Waals surface area contributed by atoms with E-state index < -0.39 is 17.8 Å². The van der Waals surface area contributed by atoms with Crippen LogP contribution in [0.3, 0.4) is 0 Å². The minimum atomic E-state index is -4.64. The molecule has 0 saturated carbocycles. The molecule has 1 fully saturated rings. The molecule has 4 rings (SSSR count). The number of carbonyl (C=O) groups excluding carboxylic acids is 2. The molecule has 0 bridgehead atoms. The molecule has 8 nitrogen and oxygen atoms in total. The van der Waals surface area contributed by atoms with Gasteiger partial charge in [-0.2, -0.15) is 18.3 Å². The van der Waals surface area contributed by atoms with Crippen molar-refractivity contribution in [3.63, 3.8) is 0 Å². The van der Waals surface area contributed by atoms with Gasteiger partial charge in [-0.25, -0.2) is 4.98 Å². The molecule has 2 amide bonds. The van der Waals surface area contributed by atoms with Crippen LogP contribution in [-0.4, -0.2) is 68.1 Å². The Kier molecular flexibility index (Phi) is 6.54. The molecule has 0 radical (unpaired) electrons. The van der Waals surface area contributed by atoms with Gasteiger partial charge in [0, 0.05) is 49.0 Å². The van der Waals surface area contributed by atoms with Crippen LogP contribution in [0, 0.1) is 0 Å². The summed E-state index contributed by atoms with van der Waals surface area (Å²) in [4.78, 5) is 32.8. The minimum Gasteiger partial charge on any atom is -0.339 e. The number of alkyl halides is 3. The molecule has 3 heterocycles. The Balaban J connectivity index is 1.41. The predicted octanol–water partition coefficient (Wildman–Crippen LogP) is 3.65. The van der Waals surface area contributed by atoms with Crippen LogP contribution < -0.4 is 5.32 Å². The van der Waals surface area contributed by atoms with Crippen molar-refractivity contribution in [3.05, 3.63) is 54.0 Å². The standard InChI is InChI=1S/C24H27F3N6O2/c1-23(2,3)32-11-9-31(10-12-32)21(34)15-33-14-16-13-17(7-8-18(16)30-33)28-22(35)19-5-4-6-20(29-19)24(25,26)27/h4-8,13-14H,9-12,15H2,1-3H3,(H,28,35). The van der Waals surface area contributed by atoms with E-state index in [0.717, 1.165) is 25.2 Å². The van der Waals surface area contributed by atoms with Crippen LogP contribution in [0.15, 0.2) is 42.6 Å². The summed E-state index contributed by atoms with van der Waals surface area (Å²) in [5, 5.41) is 7.67. The summed E-state index contributed by atoms with van der Waals surface area (Å²) < 4.78 is 40.2. The molecule has 1 saturated heterocycles. The highest BCUT2D eigenvalue weighted by molar-refractivity contribution is 6.03. The Labute approximate surface area is 200 Å². The Bertz CT molecular complexity index is 1240. The van der Waals surface area contributed by atoms with E-state index in [1.165, 1.54) is 6.07 Å². The zero-order valence-corrected chi connectivity index (χ0v) is 19.8. The molecule has 11 heteroatoms. The highest BCUT2D eigenvalue weighted by atomic mass is 19.4. The zero-order valence-electron chi connectivity index (χ0n) is 19.8. The van der Waals surface area contributed by atoms with Crippen molar-refractivity contribution in [2.75, 3.05) is 31.5 Å². The fourth-order valence-corrected chi connectivity index (χ4v) is 4.01. The lowest BCUT2D eigenvalue weighted by molar-refractivity contribution is -0.141. The van der Waals surface area contributed by atoms with Crippen molar-refractivity contribution in [2.24, 2.45) is 0 Å². The number of hydrogen-bond donors (Lipinski definition) is 1. The third-order valence-electron chi connectivity index (χ3n) is 5.96. The first-order chi connectivity index (χ1) is 16.4. The lowest BCUT2D eigenvalue weighted by Crippen LogP contribution is -2.55. The van der Waals surface area contributed by atoms with Crippen LogP contribution >= 0.6 is 0 Å². The van der Waals surface area contributed by atoms with E-state index in [-0.39, 0.29) is 23.7 Å². The number of halogens is 3. The summed E-state index contributed by atoms with van der Waals surface area (Å²) in [6, 6.07) is 8.08. The minimum absolute atomic E-state index is 0.0180. The van der Waals surface area contributed by atoms with Gasteiger partial charge >= 0.3 is 6.18 Å². The molecule has 1 N–H and O–H groups in total. The molecule has 3 aromatic rings. The third kappa shape index (κ3) is 5.79. The second-order valence-electron chi connectivity index (χ2n) is 9.50. The molecule has 0 atom stereocenters. The molecule has 1 aliphatic heterocycles. The summed E-state index contributed by atoms with van der Waals surface area (Å²) in [7, 11) is 0. The first-order valence-corrected chi connectivity index (χ1v) is 11.3. The van der Waals surface area contributed by atoms with Crippen molar-refractivity contribution < 1.29 is 22.8 Å². The quantitative estimate of drug-likeness (QED) is 0.606. The maximum atomic E-state index is 12.9. The fourth-order valence-electron chi connectivity index (χ4n) is 4.01. The van der Waals surface area contributed by atoms with Gasteiger partial charge in [-0.3, -0.25) is 19.2 Å². The summed E-state index contributed by atoms with van der Waals surface area (Å²) in [6.07, 6.45) is -2.93. The van der Waals surface area contributed by atoms with E-state index in [4.69, 9.17) is 0 Å². The van der Waals surface area contributed by atoms with E-state index in [2.05, 4.69) is 41.1 Å². The van der Waals surface area contributed by atoms with Crippen molar-refractivity contribution >= 4 is 28.4 Å². The number of aromatic nitrogens is 3. The van der Waals surface area contributed by atoms with Crippen LogP contribution in [0.25, 0.3) is 10.9 Å². The second kappa shape index (κ2) is 9.29. The first-order valence-electron chi connectivity index (χ1n) is 11.3. The Morgan fingerprint density at radius 2 is 1.74 bits per heavy atom. The number of piperazine rings is 1. The molecular weight excluding hydrogens is 461 g/mol. The molecule has 0 unspecified atom stereocenters. The summed E-state index contributed by atoms with van der Waals surface area (Å²) in [5.41, 5.74) is -0.394. The molecular formula is C24H27F3N6O2. The number of rotatable bonds is 4. The van der Waals surface area contributed by atoms with Gasteiger partial charge in [-0.05, 0) is 51.1 Å². The van der Waals surface area contributed by atoms with E-state index >= 15 is 0 Å². The third-order valence-corrected chi connectivity index (χ3v) is 5.96. The smallest absolute Gasteiger partial charge is 0.339 e. The maximum Gasteiger partial charge on any atom is 0.433 e. The molecule has 0 spiro atoms. The normalized spacial score (nSPS) is 15.4. The van der Waals surface area contributed by atoms with Crippen LogP contribution in [0.5, 0.6) is 0 Å². The highest BCUT2D eigenvalue weighted by Gasteiger charge is 2.33. The van der Waals surface area contributed by atoms with E-state index in [1.807, 2.05) is 4.90 Å². The Morgan fingerprint density at radius 3 is 2.40 bits per heavy atom. The molecule has 0 aliphatic carbocycles. The number of amides is 2. The fraction of sp³-hybridized carbons (Fsp3) is 0.417. The molecule has 1 aromatic carbocycles. The van der Waals surface area contributed by atoms with Crippen molar-refractivity contribution in [1.29, 1.82) is 0 Å². The van der Waals surface area contributed by atoms with Crippen molar-refractivity contribution in [3.8, 4) is 0 Å². The average molecular weight is 489 g/mol. The number of anilines is 1. The van der Waals surface area contributed by atoms with Gasteiger partial charge in [0.2, 0.25) is 5.91 Å². The van der Waals surface area contributed by atoms with Gasteiger partial charge in [0.15, 0.2) is 0 Å². The number of carbonyl (C=O) groups is 2. The summed E-state index contributed by atoms with van der Waals surface area (Å²) >= 11 is 0. The summed E-state index contributed by atoms with van der Waals surface area (Å²) in [5.74, 6) is -0.775. The van der Waals surface area contributed by atoms with Crippen LogP contribution in [0.2, 0.25) is 0 Å². The number of pyridine rings is 1. The predicted molar refractivity (Wildman–Crippen MR) is 125 cm³/mol. The number of nitrogens with one attached hydrogen (secondary N) is 1. The first kappa shape index (κ1) is 24.6. The molecule has 186 valence electrons. The van der Waals surface area contributed by atoms with Crippen molar-refractivity contribution in [1.82, 2.24) is 24.6 Å². The average Bonchev–Trinajstić information content (AvgIpc) is 3.19.